The number of aryl methyl sites for hydroxylation is 1. The molecule has 1 heterocycles. The SMILES string of the molecule is CCCCCCCCCCCc1nccc2ccccc12.O=C(O)c1cccc(C(=O)O)c1. The summed E-state index contributed by atoms with van der Waals surface area (Å²) in [7, 11) is 0. The van der Waals surface area contributed by atoms with Crippen LogP contribution in [0.4, 0.5) is 0 Å². The first-order valence-corrected chi connectivity index (χ1v) is 11.9. The molecule has 1 aromatic heterocycles. The first-order chi connectivity index (χ1) is 16.0. The second kappa shape index (κ2) is 14.8. The lowest BCUT2D eigenvalue weighted by Gasteiger charge is -2.05. The van der Waals surface area contributed by atoms with E-state index in [1.165, 1.54) is 92.5 Å². The molecule has 5 nitrogen and oxygen atoms in total. The number of nitrogens with zero attached hydrogens (tertiary/aromatic N) is 1. The third kappa shape index (κ3) is 9.44. The van der Waals surface area contributed by atoms with Crippen LogP contribution in [0, 0.1) is 0 Å². The van der Waals surface area contributed by atoms with Gasteiger partial charge >= 0.3 is 11.9 Å². The maximum atomic E-state index is 10.4. The Kier molecular flexibility index (Phi) is 11.7. The summed E-state index contributed by atoms with van der Waals surface area (Å²) in [5.74, 6) is -2.25. The van der Waals surface area contributed by atoms with Gasteiger partial charge in [-0.15, -0.1) is 0 Å². The first kappa shape index (κ1) is 26.0. The van der Waals surface area contributed by atoms with Crippen LogP contribution in [-0.2, 0) is 6.42 Å². The topological polar surface area (TPSA) is 87.5 Å². The number of fused-ring (bicyclic) bond motifs is 1. The summed E-state index contributed by atoms with van der Waals surface area (Å²) in [5, 5.41) is 19.6. The molecule has 3 aromatic rings. The summed E-state index contributed by atoms with van der Waals surface area (Å²) < 4.78 is 0. The quantitative estimate of drug-likeness (QED) is 0.281. The van der Waals surface area contributed by atoms with E-state index < -0.39 is 11.9 Å². The number of carboxylic acid groups (broad SMARTS) is 2. The van der Waals surface area contributed by atoms with Gasteiger partial charge in [0.15, 0.2) is 0 Å². The molecule has 0 unspecified atom stereocenters. The highest BCUT2D eigenvalue weighted by atomic mass is 16.4. The molecule has 0 atom stereocenters. The van der Waals surface area contributed by atoms with Crippen LogP contribution in [0.2, 0.25) is 0 Å². The second-order valence-electron chi connectivity index (χ2n) is 8.25. The van der Waals surface area contributed by atoms with E-state index in [1.54, 1.807) is 0 Å². The maximum absolute atomic E-state index is 10.4. The summed E-state index contributed by atoms with van der Waals surface area (Å²) in [6, 6.07) is 15.9. The monoisotopic (exact) mass is 449 g/mol. The molecule has 0 fully saturated rings. The van der Waals surface area contributed by atoms with Crippen molar-refractivity contribution in [2.24, 2.45) is 0 Å². The molecule has 0 amide bonds. The number of rotatable bonds is 12. The number of carboxylic acids is 2. The largest absolute Gasteiger partial charge is 0.478 e. The number of pyridine rings is 1. The molecule has 0 aliphatic carbocycles. The third-order valence-electron chi connectivity index (χ3n) is 5.63. The van der Waals surface area contributed by atoms with Gasteiger partial charge in [-0.25, -0.2) is 9.59 Å². The Hall–Kier alpha value is -3.21. The summed E-state index contributed by atoms with van der Waals surface area (Å²) in [5.41, 5.74) is 1.24. The van der Waals surface area contributed by atoms with Gasteiger partial charge in [-0.1, -0.05) is 88.6 Å². The van der Waals surface area contributed by atoms with Gasteiger partial charge < -0.3 is 10.2 Å². The van der Waals surface area contributed by atoms with Crippen molar-refractivity contribution >= 4 is 22.7 Å². The van der Waals surface area contributed by atoms with E-state index in [0.717, 1.165) is 12.5 Å². The number of hydrogen-bond acceptors (Lipinski definition) is 3. The van der Waals surface area contributed by atoms with Gasteiger partial charge in [0, 0.05) is 17.3 Å². The third-order valence-corrected chi connectivity index (χ3v) is 5.63. The van der Waals surface area contributed by atoms with Gasteiger partial charge in [0.25, 0.3) is 0 Å². The van der Waals surface area contributed by atoms with Crippen molar-refractivity contribution in [3.8, 4) is 0 Å². The van der Waals surface area contributed by atoms with Crippen LogP contribution in [-0.4, -0.2) is 27.1 Å². The fraction of sp³-hybridized carbons (Fsp3) is 0.393. The van der Waals surface area contributed by atoms with Crippen LogP contribution in [0.25, 0.3) is 10.8 Å². The molecule has 3 rings (SSSR count). The number of hydrogen-bond donors (Lipinski definition) is 2. The van der Waals surface area contributed by atoms with Crippen molar-refractivity contribution < 1.29 is 19.8 Å². The Morgan fingerprint density at radius 2 is 1.30 bits per heavy atom. The van der Waals surface area contributed by atoms with Crippen LogP contribution in [0.5, 0.6) is 0 Å². The second-order valence-corrected chi connectivity index (χ2v) is 8.25. The van der Waals surface area contributed by atoms with Crippen molar-refractivity contribution in [3.63, 3.8) is 0 Å². The fourth-order valence-corrected chi connectivity index (χ4v) is 3.77. The highest BCUT2D eigenvalue weighted by molar-refractivity contribution is 5.93. The van der Waals surface area contributed by atoms with Crippen LogP contribution in [0.1, 0.15) is 91.1 Å². The lowest BCUT2D eigenvalue weighted by Crippen LogP contribution is -2.01. The molecule has 0 aliphatic heterocycles. The number of aromatic nitrogens is 1. The van der Waals surface area contributed by atoms with Crippen molar-refractivity contribution in [1.29, 1.82) is 0 Å². The number of carbonyl (C=O) groups is 2. The molecule has 176 valence electrons. The molecular formula is C28H35NO4. The lowest BCUT2D eigenvalue weighted by atomic mass is 10.0. The van der Waals surface area contributed by atoms with Gasteiger partial charge in [-0.05, 0) is 42.5 Å². The minimum absolute atomic E-state index is 0.0186. The van der Waals surface area contributed by atoms with Crippen molar-refractivity contribution in [1.82, 2.24) is 4.98 Å². The average Bonchev–Trinajstić information content (AvgIpc) is 2.83. The molecule has 0 bridgehead atoms. The van der Waals surface area contributed by atoms with E-state index in [1.807, 2.05) is 6.20 Å². The standard InChI is InChI=1S/C20H29N.C8H6O4/c1-2-3-4-5-6-7-8-9-10-15-20-19-14-12-11-13-18(19)16-17-21-20;9-7(10)5-2-1-3-6(4-5)8(11)12/h11-14,16-17H,2-10,15H2,1H3;1-4H,(H,9,10)(H,11,12). The van der Waals surface area contributed by atoms with E-state index in [4.69, 9.17) is 10.2 Å². The van der Waals surface area contributed by atoms with E-state index in [2.05, 4.69) is 42.2 Å². The Morgan fingerprint density at radius 1 is 0.727 bits per heavy atom. The van der Waals surface area contributed by atoms with Crippen LogP contribution < -0.4 is 0 Å². The molecule has 2 N–H and O–H groups in total. The zero-order valence-corrected chi connectivity index (χ0v) is 19.5. The van der Waals surface area contributed by atoms with Gasteiger partial charge in [0.1, 0.15) is 0 Å². The van der Waals surface area contributed by atoms with Gasteiger partial charge in [-0.2, -0.15) is 0 Å². The fourth-order valence-electron chi connectivity index (χ4n) is 3.77. The molecule has 33 heavy (non-hydrogen) atoms. The molecule has 5 heteroatoms. The summed E-state index contributed by atoms with van der Waals surface area (Å²) in [4.78, 5) is 25.3. The Bertz CT molecular complexity index is 981. The molecule has 0 spiro atoms. The minimum atomic E-state index is -1.13. The van der Waals surface area contributed by atoms with Crippen LogP contribution in [0.15, 0.2) is 60.8 Å². The predicted octanol–water partition coefficient (Wildman–Crippen LogP) is 7.39. The number of unbranched alkanes of at least 4 members (excludes halogenated alkanes) is 8. The minimum Gasteiger partial charge on any atom is -0.478 e. The first-order valence-electron chi connectivity index (χ1n) is 11.9. The molecule has 2 aromatic carbocycles. The van der Waals surface area contributed by atoms with E-state index in [9.17, 15) is 9.59 Å². The highest BCUT2D eigenvalue weighted by Crippen LogP contribution is 2.19. The maximum Gasteiger partial charge on any atom is 0.335 e. The van der Waals surface area contributed by atoms with Gasteiger partial charge in [0.05, 0.1) is 11.1 Å². The Labute approximate surface area is 196 Å². The van der Waals surface area contributed by atoms with Gasteiger partial charge in [0.2, 0.25) is 0 Å². The Balaban J connectivity index is 0.000000273. The van der Waals surface area contributed by atoms with Crippen molar-refractivity contribution in [2.75, 3.05) is 0 Å². The van der Waals surface area contributed by atoms with E-state index >= 15 is 0 Å². The van der Waals surface area contributed by atoms with Crippen LogP contribution >= 0.6 is 0 Å². The normalized spacial score (nSPS) is 10.5. The molecule has 0 aliphatic rings. The van der Waals surface area contributed by atoms with E-state index in [0.29, 0.717) is 0 Å². The molecular weight excluding hydrogens is 414 g/mol. The summed E-state index contributed by atoms with van der Waals surface area (Å²) in [6.07, 6.45) is 15.5. The van der Waals surface area contributed by atoms with Crippen molar-refractivity contribution in [2.45, 2.75) is 71.1 Å². The van der Waals surface area contributed by atoms with Crippen molar-refractivity contribution in [3.05, 3.63) is 77.6 Å². The summed E-state index contributed by atoms with van der Waals surface area (Å²) >= 11 is 0. The number of benzene rings is 2. The summed E-state index contributed by atoms with van der Waals surface area (Å²) in [6.45, 7) is 2.28. The van der Waals surface area contributed by atoms with Gasteiger partial charge in [-0.3, -0.25) is 4.98 Å². The molecule has 0 saturated heterocycles. The van der Waals surface area contributed by atoms with Crippen LogP contribution in [0.3, 0.4) is 0 Å². The number of aromatic carboxylic acids is 2. The highest BCUT2D eigenvalue weighted by Gasteiger charge is 2.06. The zero-order chi connectivity index (χ0) is 23.9. The van der Waals surface area contributed by atoms with E-state index in [-0.39, 0.29) is 11.1 Å². The molecule has 0 saturated carbocycles. The molecule has 0 radical (unpaired) electrons. The Morgan fingerprint density at radius 3 is 1.91 bits per heavy atom. The smallest absolute Gasteiger partial charge is 0.335 e. The predicted molar refractivity (Wildman–Crippen MR) is 133 cm³/mol. The zero-order valence-electron chi connectivity index (χ0n) is 19.5. The lowest BCUT2D eigenvalue weighted by molar-refractivity contribution is 0.0696. The average molecular weight is 450 g/mol.